The van der Waals surface area contributed by atoms with E-state index in [9.17, 15) is 9.59 Å². The summed E-state index contributed by atoms with van der Waals surface area (Å²) in [6.07, 6.45) is 1.50. The smallest absolute Gasteiger partial charge is 0.263 e. The molecule has 0 aliphatic carbocycles. The third kappa shape index (κ3) is 4.81. The summed E-state index contributed by atoms with van der Waals surface area (Å²) in [5.41, 5.74) is 4.17. The molecule has 0 unspecified atom stereocenters. The summed E-state index contributed by atoms with van der Waals surface area (Å²) in [6.45, 7) is 4.56. The fourth-order valence-electron chi connectivity index (χ4n) is 2.81. The summed E-state index contributed by atoms with van der Waals surface area (Å²) in [6, 6.07) is 11.7. The van der Waals surface area contributed by atoms with Gasteiger partial charge in [-0.3, -0.25) is 20.2 Å². The number of amides is 2. The lowest BCUT2D eigenvalue weighted by Crippen LogP contribution is -2.51. The molecule has 0 saturated carbocycles. The number of carbonyl (C=O) groups excluding carboxylic acids is 2. The number of aryl methyl sites for hydroxylation is 2. The molecular formula is C20H17BrN2O3S. The molecule has 3 rings (SSSR count). The minimum atomic E-state index is -0.519. The highest BCUT2D eigenvalue weighted by molar-refractivity contribution is 9.10. The van der Waals surface area contributed by atoms with Gasteiger partial charge in [-0.2, -0.15) is 0 Å². The number of ether oxygens (including phenoxy) is 1. The van der Waals surface area contributed by atoms with E-state index in [-0.39, 0.29) is 10.7 Å². The molecule has 2 aromatic carbocycles. The number of halogens is 1. The first kappa shape index (κ1) is 19.3. The van der Waals surface area contributed by atoms with Crippen LogP contribution in [0, 0.1) is 13.8 Å². The molecule has 1 aliphatic heterocycles. The summed E-state index contributed by atoms with van der Waals surface area (Å²) in [4.78, 5) is 23.8. The van der Waals surface area contributed by atoms with E-state index in [0.29, 0.717) is 17.9 Å². The number of rotatable bonds is 4. The molecule has 1 fully saturated rings. The van der Waals surface area contributed by atoms with Gasteiger partial charge < -0.3 is 4.74 Å². The molecule has 1 heterocycles. The van der Waals surface area contributed by atoms with Crippen LogP contribution in [0.1, 0.15) is 22.3 Å². The largest absolute Gasteiger partial charge is 0.488 e. The Morgan fingerprint density at radius 3 is 2.26 bits per heavy atom. The van der Waals surface area contributed by atoms with Crippen LogP contribution in [0.15, 0.2) is 46.4 Å². The monoisotopic (exact) mass is 444 g/mol. The van der Waals surface area contributed by atoms with E-state index < -0.39 is 11.8 Å². The quantitative estimate of drug-likeness (QED) is 0.429. The van der Waals surface area contributed by atoms with Crippen molar-refractivity contribution in [1.82, 2.24) is 10.6 Å². The molecule has 0 radical (unpaired) electrons. The van der Waals surface area contributed by atoms with Gasteiger partial charge in [0.25, 0.3) is 11.8 Å². The van der Waals surface area contributed by atoms with Crippen molar-refractivity contribution >= 4 is 51.2 Å². The summed E-state index contributed by atoms with van der Waals surface area (Å²) in [5, 5.41) is 4.83. The van der Waals surface area contributed by atoms with Gasteiger partial charge in [-0.25, -0.2) is 0 Å². The van der Waals surface area contributed by atoms with Crippen molar-refractivity contribution in [2.45, 2.75) is 20.5 Å². The second-order valence-corrected chi connectivity index (χ2v) is 7.53. The molecule has 0 spiro atoms. The topological polar surface area (TPSA) is 67.4 Å². The Hall–Kier alpha value is -2.51. The molecule has 7 heteroatoms. The van der Waals surface area contributed by atoms with Crippen LogP contribution in [0.5, 0.6) is 5.75 Å². The van der Waals surface area contributed by atoms with Crippen LogP contribution < -0.4 is 15.4 Å². The van der Waals surface area contributed by atoms with Gasteiger partial charge in [0, 0.05) is 0 Å². The van der Waals surface area contributed by atoms with E-state index in [1.54, 1.807) is 18.2 Å². The maximum Gasteiger partial charge on any atom is 0.263 e. The van der Waals surface area contributed by atoms with Gasteiger partial charge in [0.05, 0.1) is 4.47 Å². The fourth-order valence-corrected chi connectivity index (χ4v) is 3.51. The van der Waals surface area contributed by atoms with Gasteiger partial charge in [-0.15, -0.1) is 0 Å². The lowest BCUT2D eigenvalue weighted by molar-refractivity contribution is -0.123. The van der Waals surface area contributed by atoms with Gasteiger partial charge in [-0.05, 0) is 71.3 Å². The molecule has 0 bridgehead atoms. The van der Waals surface area contributed by atoms with Crippen LogP contribution in [-0.2, 0) is 16.2 Å². The molecule has 27 heavy (non-hydrogen) atoms. The van der Waals surface area contributed by atoms with Crippen molar-refractivity contribution in [2.75, 3.05) is 0 Å². The minimum Gasteiger partial charge on any atom is -0.488 e. The molecule has 5 nitrogen and oxygen atoms in total. The second kappa shape index (κ2) is 8.02. The Kier molecular flexibility index (Phi) is 5.72. The van der Waals surface area contributed by atoms with E-state index >= 15 is 0 Å². The standard InChI is InChI=1S/C20H17BrN2O3S/c1-11-5-12(2)7-14(6-11)10-26-17-4-3-13(9-16(17)21)8-15-18(24)22-20(27)23-19(15)25/h3-9H,10H2,1-2H3,(H2,22,23,24,25,27). The molecule has 138 valence electrons. The molecule has 0 aromatic heterocycles. The molecule has 2 aromatic rings. The fraction of sp³-hybridized carbons (Fsp3) is 0.150. The normalized spacial score (nSPS) is 13.9. The van der Waals surface area contributed by atoms with Crippen molar-refractivity contribution in [3.8, 4) is 5.75 Å². The second-order valence-electron chi connectivity index (χ2n) is 6.27. The Morgan fingerprint density at radius 1 is 1.04 bits per heavy atom. The Labute approximate surface area is 170 Å². The average molecular weight is 445 g/mol. The number of nitrogens with one attached hydrogen (secondary N) is 2. The zero-order chi connectivity index (χ0) is 19.6. The summed E-state index contributed by atoms with van der Waals surface area (Å²) in [5.74, 6) is -0.361. The van der Waals surface area contributed by atoms with E-state index in [2.05, 4.69) is 58.6 Å². The molecular weight excluding hydrogens is 428 g/mol. The molecule has 2 N–H and O–H groups in total. The van der Waals surface area contributed by atoms with Gasteiger partial charge in [0.2, 0.25) is 0 Å². The van der Waals surface area contributed by atoms with Gasteiger partial charge in [0.15, 0.2) is 5.11 Å². The lowest BCUT2D eigenvalue weighted by atomic mass is 10.1. The van der Waals surface area contributed by atoms with E-state index in [0.717, 1.165) is 10.0 Å². The van der Waals surface area contributed by atoms with Crippen LogP contribution in [0.25, 0.3) is 6.08 Å². The van der Waals surface area contributed by atoms with Crippen molar-refractivity contribution in [1.29, 1.82) is 0 Å². The maximum absolute atomic E-state index is 11.9. The predicted molar refractivity (Wildman–Crippen MR) is 111 cm³/mol. The van der Waals surface area contributed by atoms with E-state index in [1.165, 1.54) is 17.2 Å². The zero-order valence-electron chi connectivity index (χ0n) is 14.8. The minimum absolute atomic E-state index is 0.000552. The molecule has 0 atom stereocenters. The van der Waals surface area contributed by atoms with Crippen molar-refractivity contribution in [3.05, 3.63) is 68.7 Å². The summed E-state index contributed by atoms with van der Waals surface area (Å²) < 4.78 is 6.62. The Morgan fingerprint density at radius 2 is 1.67 bits per heavy atom. The van der Waals surface area contributed by atoms with Crippen LogP contribution in [-0.4, -0.2) is 16.9 Å². The number of carbonyl (C=O) groups is 2. The first-order chi connectivity index (χ1) is 12.8. The zero-order valence-corrected chi connectivity index (χ0v) is 17.2. The van der Waals surface area contributed by atoms with Crippen LogP contribution in [0.2, 0.25) is 0 Å². The third-order valence-corrected chi connectivity index (χ3v) is 4.71. The highest BCUT2D eigenvalue weighted by Gasteiger charge is 2.25. The Bertz CT molecular complexity index is 943. The van der Waals surface area contributed by atoms with E-state index in [4.69, 9.17) is 17.0 Å². The van der Waals surface area contributed by atoms with Crippen LogP contribution in [0.3, 0.4) is 0 Å². The highest BCUT2D eigenvalue weighted by atomic mass is 79.9. The average Bonchev–Trinajstić information content (AvgIpc) is 2.56. The van der Waals surface area contributed by atoms with Crippen LogP contribution in [0.4, 0.5) is 0 Å². The summed E-state index contributed by atoms with van der Waals surface area (Å²) in [7, 11) is 0. The van der Waals surface area contributed by atoms with Gasteiger partial charge in [-0.1, -0.05) is 35.4 Å². The van der Waals surface area contributed by atoms with Crippen molar-refractivity contribution < 1.29 is 14.3 Å². The first-order valence-corrected chi connectivity index (χ1v) is 9.40. The van der Waals surface area contributed by atoms with Crippen molar-refractivity contribution in [3.63, 3.8) is 0 Å². The number of hydrogen-bond donors (Lipinski definition) is 2. The van der Waals surface area contributed by atoms with Crippen molar-refractivity contribution in [2.24, 2.45) is 0 Å². The van der Waals surface area contributed by atoms with Gasteiger partial charge in [0.1, 0.15) is 17.9 Å². The summed E-state index contributed by atoms with van der Waals surface area (Å²) >= 11 is 8.26. The Balaban J connectivity index is 1.75. The number of thiocarbonyl (C=S) groups is 1. The number of hydrogen-bond acceptors (Lipinski definition) is 4. The first-order valence-electron chi connectivity index (χ1n) is 8.20. The lowest BCUT2D eigenvalue weighted by Gasteiger charge is -2.16. The maximum atomic E-state index is 11.9. The molecule has 2 amide bonds. The molecule has 1 aliphatic rings. The third-order valence-electron chi connectivity index (χ3n) is 3.89. The molecule has 1 saturated heterocycles. The predicted octanol–water partition coefficient (Wildman–Crippen LogP) is 3.56. The number of benzene rings is 2. The highest BCUT2D eigenvalue weighted by Crippen LogP contribution is 2.28. The van der Waals surface area contributed by atoms with Crippen LogP contribution >= 0.6 is 28.1 Å². The van der Waals surface area contributed by atoms with E-state index in [1.807, 2.05) is 0 Å². The SMILES string of the molecule is Cc1cc(C)cc(COc2ccc(C=C3C(=O)NC(=S)NC3=O)cc2Br)c1. The van der Waals surface area contributed by atoms with Gasteiger partial charge >= 0.3 is 0 Å².